The van der Waals surface area contributed by atoms with Crippen LogP contribution in [-0.2, 0) is 13.0 Å². The lowest BCUT2D eigenvalue weighted by molar-refractivity contribution is 0.0949. The molecule has 1 aliphatic heterocycles. The van der Waals surface area contributed by atoms with Gasteiger partial charge in [-0.2, -0.15) is 0 Å². The topological polar surface area (TPSA) is 80.3 Å². The Balaban J connectivity index is 1.51. The van der Waals surface area contributed by atoms with Crippen LogP contribution >= 0.6 is 0 Å². The lowest BCUT2D eigenvalue weighted by atomic mass is 9.85. The van der Waals surface area contributed by atoms with Gasteiger partial charge in [-0.25, -0.2) is 0 Å². The Hall–Kier alpha value is -3.93. The molecule has 33 heavy (non-hydrogen) atoms. The zero-order chi connectivity index (χ0) is 23.4. The number of hydrogen-bond acceptors (Lipinski definition) is 5. The molecule has 1 amide bonds. The number of methoxy groups -OCH3 is 1. The Morgan fingerprint density at radius 1 is 1.12 bits per heavy atom. The highest BCUT2D eigenvalue weighted by atomic mass is 16.5. The Morgan fingerprint density at radius 2 is 1.88 bits per heavy atom. The van der Waals surface area contributed by atoms with Gasteiger partial charge in [-0.05, 0) is 61.7 Å². The number of allylic oxidation sites excluding steroid dienone is 1. The second-order valence-corrected chi connectivity index (χ2v) is 8.75. The molecule has 2 heterocycles. The molecule has 6 nitrogen and oxygen atoms in total. The molecule has 0 atom stereocenters. The number of benzene rings is 2. The van der Waals surface area contributed by atoms with Crippen LogP contribution in [0.4, 0.5) is 0 Å². The molecule has 6 heteroatoms. The first kappa shape index (κ1) is 22.3. The Labute approximate surface area is 193 Å². The minimum absolute atomic E-state index is 0.133. The fourth-order valence-corrected chi connectivity index (χ4v) is 3.94. The van der Waals surface area contributed by atoms with E-state index >= 15 is 0 Å². The van der Waals surface area contributed by atoms with E-state index in [0.717, 1.165) is 29.0 Å². The van der Waals surface area contributed by atoms with Crippen LogP contribution in [0, 0.1) is 0 Å². The fraction of sp³-hybridized carbons (Fsp3) is 0.222. The van der Waals surface area contributed by atoms with Crippen molar-refractivity contribution in [2.45, 2.75) is 32.4 Å². The Bertz CT molecular complexity index is 1200. The minimum Gasteiger partial charge on any atom is -0.497 e. The van der Waals surface area contributed by atoms with Gasteiger partial charge in [0, 0.05) is 52.9 Å². The summed E-state index contributed by atoms with van der Waals surface area (Å²) in [6.07, 6.45) is 5.87. The van der Waals surface area contributed by atoms with E-state index in [1.54, 1.807) is 49.8 Å². The molecular formula is C27H27N3O3. The van der Waals surface area contributed by atoms with Crippen LogP contribution in [0.2, 0.25) is 0 Å². The molecule has 0 spiro atoms. The van der Waals surface area contributed by atoms with Crippen LogP contribution in [0.5, 0.6) is 5.75 Å². The van der Waals surface area contributed by atoms with Crippen LogP contribution in [0.3, 0.4) is 0 Å². The normalized spacial score (nSPS) is 15.3. The van der Waals surface area contributed by atoms with Gasteiger partial charge in [0.2, 0.25) is 0 Å². The molecule has 2 N–H and O–H groups in total. The van der Waals surface area contributed by atoms with Crippen LogP contribution < -0.4 is 15.4 Å². The Morgan fingerprint density at radius 3 is 2.58 bits per heavy atom. The highest BCUT2D eigenvalue weighted by Crippen LogP contribution is 2.32. The van der Waals surface area contributed by atoms with Crippen LogP contribution in [0.25, 0.3) is 5.70 Å². The van der Waals surface area contributed by atoms with Crippen molar-refractivity contribution in [3.8, 4) is 5.75 Å². The number of fused-ring (bicyclic) bond motifs is 1. The highest BCUT2D eigenvalue weighted by Gasteiger charge is 2.28. The molecule has 0 bridgehead atoms. The van der Waals surface area contributed by atoms with Crippen molar-refractivity contribution in [1.29, 1.82) is 0 Å². The predicted molar refractivity (Wildman–Crippen MR) is 128 cm³/mol. The zero-order valence-electron chi connectivity index (χ0n) is 19.0. The third-order valence-electron chi connectivity index (χ3n) is 5.60. The molecule has 0 unspecified atom stereocenters. The molecule has 0 radical (unpaired) electrons. The maximum absolute atomic E-state index is 13.0. The highest BCUT2D eigenvalue weighted by molar-refractivity contribution is 6.09. The van der Waals surface area contributed by atoms with Crippen molar-refractivity contribution in [3.05, 3.63) is 101 Å². The number of aromatic nitrogens is 1. The zero-order valence-corrected chi connectivity index (χ0v) is 19.0. The van der Waals surface area contributed by atoms with Crippen molar-refractivity contribution in [2.75, 3.05) is 7.11 Å². The van der Waals surface area contributed by atoms with Crippen molar-refractivity contribution in [2.24, 2.45) is 0 Å². The van der Waals surface area contributed by atoms with E-state index in [1.165, 1.54) is 5.56 Å². The third-order valence-corrected chi connectivity index (χ3v) is 5.60. The van der Waals surface area contributed by atoms with E-state index in [-0.39, 0.29) is 17.2 Å². The summed E-state index contributed by atoms with van der Waals surface area (Å²) in [5.41, 5.74) is 4.65. The summed E-state index contributed by atoms with van der Waals surface area (Å²) in [5, 5.41) is 6.34. The lowest BCUT2D eigenvalue weighted by Crippen LogP contribution is -2.43. The fourth-order valence-electron chi connectivity index (χ4n) is 3.94. The van der Waals surface area contributed by atoms with Crippen molar-refractivity contribution >= 4 is 17.4 Å². The summed E-state index contributed by atoms with van der Waals surface area (Å²) in [7, 11) is 1.63. The van der Waals surface area contributed by atoms with Crippen molar-refractivity contribution in [3.63, 3.8) is 0 Å². The molecule has 0 saturated carbocycles. The van der Waals surface area contributed by atoms with E-state index < -0.39 is 0 Å². The van der Waals surface area contributed by atoms with Gasteiger partial charge in [0.25, 0.3) is 5.91 Å². The first-order valence-corrected chi connectivity index (χ1v) is 10.8. The van der Waals surface area contributed by atoms with Crippen molar-refractivity contribution < 1.29 is 14.3 Å². The van der Waals surface area contributed by atoms with E-state index in [9.17, 15) is 9.59 Å². The smallest absolute Gasteiger partial charge is 0.251 e. The summed E-state index contributed by atoms with van der Waals surface area (Å²) >= 11 is 0. The number of rotatable bonds is 6. The van der Waals surface area contributed by atoms with Crippen LogP contribution in [0.15, 0.2) is 73.1 Å². The van der Waals surface area contributed by atoms with E-state index in [0.29, 0.717) is 17.7 Å². The Kier molecular flexibility index (Phi) is 6.27. The van der Waals surface area contributed by atoms with E-state index in [1.807, 2.05) is 30.3 Å². The largest absolute Gasteiger partial charge is 0.497 e. The standard InChI is InChI=1S/C27H27N3O3/c1-27(2)15-21-10-11-22(33-3)13-23(21)24(30-27)14-25(31)19-6-8-20(9-7-19)26(32)29-17-18-5-4-12-28-16-18/h4-14,16,30H,15,17H2,1-3H3,(H,29,32)/b24-14-. The molecule has 168 valence electrons. The van der Waals surface area contributed by atoms with Gasteiger partial charge in [-0.1, -0.05) is 24.3 Å². The molecule has 2 aromatic carbocycles. The second kappa shape index (κ2) is 9.28. The number of amides is 1. The summed E-state index contributed by atoms with van der Waals surface area (Å²) < 4.78 is 5.37. The van der Waals surface area contributed by atoms with Gasteiger partial charge in [-0.3, -0.25) is 14.6 Å². The molecule has 0 aliphatic carbocycles. The van der Waals surface area contributed by atoms with Crippen LogP contribution in [-0.4, -0.2) is 29.3 Å². The van der Waals surface area contributed by atoms with E-state index in [4.69, 9.17) is 4.74 Å². The summed E-state index contributed by atoms with van der Waals surface area (Å²) in [5.74, 6) is 0.412. The number of carbonyl (C=O) groups is 2. The van der Waals surface area contributed by atoms with Gasteiger partial charge in [0.05, 0.1) is 7.11 Å². The lowest BCUT2D eigenvalue weighted by Gasteiger charge is -2.35. The number of pyridine rings is 1. The summed E-state index contributed by atoms with van der Waals surface area (Å²) in [6.45, 7) is 4.61. The molecule has 0 saturated heterocycles. The first-order chi connectivity index (χ1) is 15.8. The SMILES string of the molecule is COc1ccc2c(c1)/C(=C/C(=O)c1ccc(C(=O)NCc3cccnc3)cc1)NC(C)(C)C2. The number of ether oxygens (including phenoxy) is 1. The molecule has 0 fully saturated rings. The van der Waals surface area contributed by atoms with Gasteiger partial charge in [0.15, 0.2) is 5.78 Å². The maximum atomic E-state index is 13.0. The molecule has 4 rings (SSSR count). The quantitative estimate of drug-likeness (QED) is 0.443. The van der Waals surface area contributed by atoms with Gasteiger partial charge in [-0.15, -0.1) is 0 Å². The number of ketones is 1. The second-order valence-electron chi connectivity index (χ2n) is 8.75. The number of hydrogen-bond donors (Lipinski definition) is 2. The van der Waals surface area contributed by atoms with E-state index in [2.05, 4.69) is 29.5 Å². The minimum atomic E-state index is -0.201. The predicted octanol–water partition coefficient (Wildman–Crippen LogP) is 4.17. The van der Waals surface area contributed by atoms with Gasteiger partial charge < -0.3 is 15.4 Å². The molecule has 3 aromatic rings. The van der Waals surface area contributed by atoms with Crippen molar-refractivity contribution in [1.82, 2.24) is 15.6 Å². The first-order valence-electron chi connectivity index (χ1n) is 10.8. The maximum Gasteiger partial charge on any atom is 0.251 e. The monoisotopic (exact) mass is 441 g/mol. The average molecular weight is 442 g/mol. The number of carbonyl (C=O) groups excluding carboxylic acids is 2. The number of nitrogens with zero attached hydrogens (tertiary/aromatic N) is 1. The summed E-state index contributed by atoms with van der Waals surface area (Å²) in [4.78, 5) is 29.5. The van der Waals surface area contributed by atoms with Crippen LogP contribution in [0.1, 0.15) is 51.3 Å². The molecular weight excluding hydrogens is 414 g/mol. The van der Waals surface area contributed by atoms with Gasteiger partial charge >= 0.3 is 0 Å². The molecule has 1 aromatic heterocycles. The van der Waals surface area contributed by atoms with Gasteiger partial charge in [0.1, 0.15) is 5.75 Å². The molecule has 1 aliphatic rings. The number of nitrogens with one attached hydrogen (secondary N) is 2. The summed E-state index contributed by atoms with van der Waals surface area (Å²) in [6, 6.07) is 16.4. The third kappa shape index (κ3) is 5.29. The average Bonchev–Trinajstić information content (AvgIpc) is 2.82.